The van der Waals surface area contributed by atoms with Crippen molar-refractivity contribution in [1.29, 1.82) is 0 Å². The van der Waals surface area contributed by atoms with Crippen molar-refractivity contribution >= 4 is 22.9 Å². The first kappa shape index (κ1) is 18.6. The number of carbonyl (C=O) groups is 1. The maximum atomic E-state index is 13.7. The van der Waals surface area contributed by atoms with Crippen LogP contribution in [0.4, 0.5) is 10.1 Å². The summed E-state index contributed by atoms with van der Waals surface area (Å²) in [6, 6.07) is 8.14. The molecule has 0 atom stereocenters. The topological polar surface area (TPSA) is 63.7 Å². The number of ether oxygens (including phenoxy) is 2. The van der Waals surface area contributed by atoms with E-state index < -0.39 is 5.82 Å². The van der Waals surface area contributed by atoms with Gasteiger partial charge < -0.3 is 19.7 Å². The molecular formula is C21H22FN3O3. The van der Waals surface area contributed by atoms with Gasteiger partial charge in [-0.15, -0.1) is 0 Å². The van der Waals surface area contributed by atoms with Crippen LogP contribution in [-0.4, -0.2) is 49.6 Å². The Balaban J connectivity index is 1.59. The number of pyridine rings is 1. The molecule has 0 saturated heterocycles. The fraction of sp³-hybridized carbons (Fsp3) is 0.333. The normalized spacial score (nSPS) is 17.5. The molecule has 28 heavy (non-hydrogen) atoms. The average Bonchev–Trinajstić information content (AvgIpc) is 3.23. The molecule has 0 radical (unpaired) electrons. The molecule has 146 valence electrons. The van der Waals surface area contributed by atoms with Crippen LogP contribution < -0.4 is 5.32 Å². The molecule has 1 aromatic carbocycles. The van der Waals surface area contributed by atoms with Crippen molar-refractivity contribution < 1.29 is 18.7 Å². The number of anilines is 1. The lowest BCUT2D eigenvalue weighted by Gasteiger charge is -2.15. The molecule has 1 amide bonds. The molecule has 0 unspecified atom stereocenters. The van der Waals surface area contributed by atoms with Crippen molar-refractivity contribution in [3.8, 4) is 0 Å². The number of likely N-dealkylation sites (N-methyl/N-ethyl adjacent to an activating group) is 1. The van der Waals surface area contributed by atoms with Crippen molar-refractivity contribution in [3.05, 3.63) is 58.7 Å². The third kappa shape index (κ3) is 3.50. The van der Waals surface area contributed by atoms with Gasteiger partial charge in [-0.2, -0.15) is 0 Å². The van der Waals surface area contributed by atoms with E-state index in [4.69, 9.17) is 14.5 Å². The van der Waals surface area contributed by atoms with Gasteiger partial charge in [-0.1, -0.05) is 0 Å². The van der Waals surface area contributed by atoms with E-state index in [1.807, 2.05) is 19.2 Å². The SMILES string of the molecule is COCCN(C)CCc1ccc2c(n1)CO/C2=C1\C(=O)Nc2ccc(F)cc21. The van der Waals surface area contributed by atoms with Crippen LogP contribution >= 0.6 is 0 Å². The van der Waals surface area contributed by atoms with E-state index in [2.05, 4.69) is 10.2 Å². The molecule has 0 spiro atoms. The minimum Gasteiger partial charge on any atom is -0.486 e. The van der Waals surface area contributed by atoms with Gasteiger partial charge in [0.05, 0.1) is 17.9 Å². The Hall–Kier alpha value is -2.77. The molecule has 2 aliphatic heterocycles. The van der Waals surface area contributed by atoms with Gasteiger partial charge in [0.2, 0.25) is 0 Å². The highest BCUT2D eigenvalue weighted by Gasteiger charge is 2.33. The number of nitrogens with one attached hydrogen (secondary N) is 1. The van der Waals surface area contributed by atoms with E-state index in [9.17, 15) is 9.18 Å². The summed E-state index contributed by atoms with van der Waals surface area (Å²) in [5.41, 5.74) is 4.05. The lowest BCUT2D eigenvalue weighted by molar-refractivity contribution is -0.110. The van der Waals surface area contributed by atoms with Crippen LogP contribution in [0.5, 0.6) is 0 Å². The predicted octanol–water partition coefficient (Wildman–Crippen LogP) is 2.69. The Bertz CT molecular complexity index is 958. The van der Waals surface area contributed by atoms with Crippen LogP contribution in [0.15, 0.2) is 30.3 Å². The minimum atomic E-state index is -0.391. The van der Waals surface area contributed by atoms with Gasteiger partial charge in [0.1, 0.15) is 18.2 Å². The van der Waals surface area contributed by atoms with Gasteiger partial charge in [0.25, 0.3) is 5.91 Å². The number of halogens is 1. The summed E-state index contributed by atoms with van der Waals surface area (Å²) in [5.74, 6) is -0.210. The van der Waals surface area contributed by atoms with Crippen LogP contribution in [0.3, 0.4) is 0 Å². The van der Waals surface area contributed by atoms with E-state index in [0.717, 1.165) is 36.5 Å². The van der Waals surface area contributed by atoms with Crippen LogP contribution in [-0.2, 0) is 27.3 Å². The molecule has 0 aliphatic carbocycles. The van der Waals surface area contributed by atoms with Gasteiger partial charge in [0.15, 0.2) is 0 Å². The number of rotatable bonds is 6. The molecule has 2 aliphatic rings. The Labute approximate surface area is 163 Å². The minimum absolute atomic E-state index is 0.285. The second-order valence-electron chi connectivity index (χ2n) is 6.98. The monoisotopic (exact) mass is 383 g/mol. The second-order valence-corrected chi connectivity index (χ2v) is 6.98. The first-order chi connectivity index (χ1) is 13.6. The van der Waals surface area contributed by atoms with E-state index in [0.29, 0.717) is 35.8 Å². The molecule has 7 heteroatoms. The lowest BCUT2D eigenvalue weighted by Crippen LogP contribution is -2.25. The van der Waals surface area contributed by atoms with Gasteiger partial charge in [-0.25, -0.2) is 4.39 Å². The number of benzene rings is 1. The van der Waals surface area contributed by atoms with Crippen LogP contribution in [0.1, 0.15) is 22.5 Å². The van der Waals surface area contributed by atoms with Crippen molar-refractivity contribution in [2.24, 2.45) is 0 Å². The zero-order valence-corrected chi connectivity index (χ0v) is 15.9. The highest BCUT2D eigenvalue weighted by Crippen LogP contribution is 2.41. The smallest absolute Gasteiger partial charge is 0.260 e. The van der Waals surface area contributed by atoms with E-state index in [-0.39, 0.29) is 5.91 Å². The van der Waals surface area contributed by atoms with Gasteiger partial charge >= 0.3 is 0 Å². The summed E-state index contributed by atoms with van der Waals surface area (Å²) in [5, 5.41) is 2.76. The summed E-state index contributed by atoms with van der Waals surface area (Å²) >= 11 is 0. The van der Waals surface area contributed by atoms with Crippen molar-refractivity contribution in [2.45, 2.75) is 13.0 Å². The number of hydrogen-bond acceptors (Lipinski definition) is 5. The van der Waals surface area contributed by atoms with Crippen LogP contribution in [0.2, 0.25) is 0 Å². The van der Waals surface area contributed by atoms with Crippen molar-refractivity contribution in [3.63, 3.8) is 0 Å². The zero-order chi connectivity index (χ0) is 19.7. The number of fused-ring (bicyclic) bond motifs is 2. The summed E-state index contributed by atoms with van der Waals surface area (Å²) in [7, 11) is 3.74. The number of aromatic nitrogens is 1. The van der Waals surface area contributed by atoms with Crippen molar-refractivity contribution in [2.75, 3.05) is 39.2 Å². The highest BCUT2D eigenvalue weighted by molar-refractivity contribution is 6.36. The highest BCUT2D eigenvalue weighted by atomic mass is 19.1. The lowest BCUT2D eigenvalue weighted by atomic mass is 10.0. The van der Waals surface area contributed by atoms with Gasteiger partial charge in [0, 0.05) is 49.1 Å². The van der Waals surface area contributed by atoms with Crippen molar-refractivity contribution in [1.82, 2.24) is 9.88 Å². The Morgan fingerprint density at radius 2 is 2.11 bits per heavy atom. The Morgan fingerprint density at radius 3 is 2.93 bits per heavy atom. The molecule has 2 aromatic rings. The first-order valence-corrected chi connectivity index (χ1v) is 9.22. The van der Waals surface area contributed by atoms with E-state index in [1.54, 1.807) is 13.2 Å². The summed E-state index contributed by atoms with van der Waals surface area (Å²) in [4.78, 5) is 19.4. The number of amides is 1. The summed E-state index contributed by atoms with van der Waals surface area (Å²) in [6.07, 6.45) is 0.813. The molecule has 0 fully saturated rings. The molecule has 0 saturated carbocycles. The fourth-order valence-electron chi connectivity index (χ4n) is 3.46. The number of carbonyl (C=O) groups excluding carboxylic acids is 1. The van der Waals surface area contributed by atoms with Gasteiger partial charge in [-0.3, -0.25) is 9.78 Å². The van der Waals surface area contributed by atoms with Crippen LogP contribution in [0.25, 0.3) is 11.3 Å². The van der Waals surface area contributed by atoms with E-state index >= 15 is 0 Å². The summed E-state index contributed by atoms with van der Waals surface area (Å²) < 4.78 is 24.6. The molecule has 1 aromatic heterocycles. The van der Waals surface area contributed by atoms with E-state index in [1.165, 1.54) is 12.1 Å². The molecular weight excluding hydrogens is 361 g/mol. The molecule has 1 N–H and O–H groups in total. The Kier molecular flexibility index (Phi) is 5.11. The van der Waals surface area contributed by atoms with Gasteiger partial charge in [-0.05, 0) is 37.4 Å². The maximum Gasteiger partial charge on any atom is 0.260 e. The zero-order valence-electron chi connectivity index (χ0n) is 15.9. The molecule has 0 bridgehead atoms. The molecule has 4 rings (SSSR count). The van der Waals surface area contributed by atoms with Crippen LogP contribution in [0, 0.1) is 5.82 Å². The number of nitrogens with zero attached hydrogens (tertiary/aromatic N) is 2. The first-order valence-electron chi connectivity index (χ1n) is 9.22. The Morgan fingerprint density at radius 1 is 1.25 bits per heavy atom. The summed E-state index contributed by atoms with van der Waals surface area (Å²) in [6.45, 7) is 2.74. The predicted molar refractivity (Wildman–Crippen MR) is 104 cm³/mol. The largest absolute Gasteiger partial charge is 0.486 e. The number of hydrogen-bond donors (Lipinski definition) is 1. The second kappa shape index (κ2) is 7.69. The quantitative estimate of drug-likeness (QED) is 0.777. The molecule has 6 nitrogen and oxygen atoms in total. The third-order valence-electron chi connectivity index (χ3n) is 5.01. The standard InChI is InChI=1S/C21H22FN3O3/c1-25(9-10-27-2)8-7-14-4-5-15-18(23-14)12-28-20(15)19-16-11-13(22)3-6-17(16)24-21(19)26/h3-6,11H,7-10,12H2,1-2H3,(H,24,26)/b20-19-. The molecule has 3 heterocycles. The maximum absolute atomic E-state index is 13.7. The third-order valence-corrected chi connectivity index (χ3v) is 5.01. The number of methoxy groups -OCH3 is 1. The fourth-order valence-corrected chi connectivity index (χ4v) is 3.46. The average molecular weight is 383 g/mol.